The van der Waals surface area contributed by atoms with Gasteiger partial charge in [0.25, 0.3) is 5.56 Å². The minimum Gasteiger partial charge on any atom is -0.449 e. The molecule has 1 saturated heterocycles. The van der Waals surface area contributed by atoms with Gasteiger partial charge >= 0.3 is 0 Å². The number of fused-ring (bicyclic) bond motifs is 3. The van der Waals surface area contributed by atoms with Gasteiger partial charge in [0, 0.05) is 17.9 Å². The fourth-order valence-corrected chi connectivity index (χ4v) is 2.56. The molecule has 1 fully saturated rings. The lowest BCUT2D eigenvalue weighted by molar-refractivity contribution is 0.193. The van der Waals surface area contributed by atoms with Crippen molar-refractivity contribution in [1.29, 1.82) is 0 Å². The molecular formula is C14H12N2O3. The van der Waals surface area contributed by atoms with Crippen LogP contribution < -0.4 is 5.56 Å². The van der Waals surface area contributed by atoms with Crippen LogP contribution in [0.2, 0.25) is 0 Å². The molecule has 2 aromatic heterocycles. The minimum absolute atomic E-state index is 0.172. The number of aromatic amines is 1. The number of furan rings is 1. The van der Waals surface area contributed by atoms with E-state index in [0.717, 1.165) is 18.4 Å². The van der Waals surface area contributed by atoms with Gasteiger partial charge in [-0.2, -0.15) is 0 Å². The molecule has 0 unspecified atom stereocenters. The second-order valence-corrected chi connectivity index (χ2v) is 4.79. The molecule has 0 bridgehead atoms. The molecule has 4 rings (SSSR count). The maximum atomic E-state index is 12.1. The highest BCUT2D eigenvalue weighted by atomic mass is 16.5. The molecule has 5 nitrogen and oxygen atoms in total. The number of nitrogens with one attached hydrogen (secondary N) is 1. The standard InChI is InChI=1S/C14H12N2O3/c17-14-12-11(9-3-1-2-4-10(9)19-12)15-13(16-14)8-5-6-18-7-8/h1-4,8H,5-7H2,(H,15,16,17)/t8-/m0/s1. The van der Waals surface area contributed by atoms with Crippen molar-refractivity contribution in [2.45, 2.75) is 12.3 Å². The number of nitrogens with zero attached hydrogens (tertiary/aromatic N) is 1. The lowest BCUT2D eigenvalue weighted by atomic mass is 10.1. The Hall–Kier alpha value is -2.14. The summed E-state index contributed by atoms with van der Waals surface area (Å²) < 4.78 is 10.9. The molecule has 0 spiro atoms. The van der Waals surface area contributed by atoms with Gasteiger partial charge in [0.15, 0.2) is 0 Å². The number of H-pyrrole nitrogens is 1. The van der Waals surface area contributed by atoms with Gasteiger partial charge in [0.2, 0.25) is 5.58 Å². The van der Waals surface area contributed by atoms with E-state index >= 15 is 0 Å². The summed E-state index contributed by atoms with van der Waals surface area (Å²) in [6, 6.07) is 7.56. The molecule has 1 aliphatic heterocycles. The smallest absolute Gasteiger partial charge is 0.294 e. The van der Waals surface area contributed by atoms with Gasteiger partial charge < -0.3 is 14.1 Å². The molecular weight excluding hydrogens is 244 g/mol. The highest BCUT2D eigenvalue weighted by Crippen LogP contribution is 2.27. The lowest BCUT2D eigenvalue weighted by Gasteiger charge is -2.05. The van der Waals surface area contributed by atoms with Crippen LogP contribution in [0.25, 0.3) is 22.1 Å². The van der Waals surface area contributed by atoms with Crippen LogP contribution in [0.5, 0.6) is 0 Å². The first kappa shape index (κ1) is 10.8. The Bertz CT molecular complexity index is 812. The number of rotatable bonds is 1. The molecule has 0 radical (unpaired) electrons. The third kappa shape index (κ3) is 1.58. The summed E-state index contributed by atoms with van der Waals surface area (Å²) in [5, 5.41) is 0.878. The van der Waals surface area contributed by atoms with Crippen LogP contribution in [0.1, 0.15) is 18.2 Å². The third-order valence-corrected chi connectivity index (χ3v) is 3.57. The molecule has 0 aliphatic carbocycles. The average molecular weight is 256 g/mol. The maximum absolute atomic E-state index is 12.1. The number of aromatic nitrogens is 2. The number of para-hydroxylation sites is 1. The van der Waals surface area contributed by atoms with E-state index in [-0.39, 0.29) is 11.5 Å². The number of hydrogen-bond donors (Lipinski definition) is 1. The van der Waals surface area contributed by atoms with Crippen LogP contribution in [-0.2, 0) is 4.74 Å². The van der Waals surface area contributed by atoms with E-state index < -0.39 is 0 Å². The summed E-state index contributed by atoms with van der Waals surface area (Å²) >= 11 is 0. The molecule has 0 amide bonds. The van der Waals surface area contributed by atoms with Gasteiger partial charge in [-0.15, -0.1) is 0 Å². The van der Waals surface area contributed by atoms with Crippen molar-refractivity contribution in [1.82, 2.24) is 9.97 Å². The highest BCUT2D eigenvalue weighted by Gasteiger charge is 2.22. The molecule has 1 aromatic carbocycles. The van der Waals surface area contributed by atoms with Crippen LogP contribution in [-0.4, -0.2) is 23.2 Å². The van der Waals surface area contributed by atoms with Crippen molar-refractivity contribution in [2.75, 3.05) is 13.2 Å². The second-order valence-electron chi connectivity index (χ2n) is 4.79. The molecule has 5 heteroatoms. The van der Waals surface area contributed by atoms with Crippen molar-refractivity contribution in [2.24, 2.45) is 0 Å². The predicted octanol–water partition coefficient (Wildman–Crippen LogP) is 2.17. The molecule has 0 saturated carbocycles. The van der Waals surface area contributed by atoms with E-state index in [9.17, 15) is 4.79 Å². The topological polar surface area (TPSA) is 68.1 Å². The zero-order valence-corrected chi connectivity index (χ0v) is 10.2. The van der Waals surface area contributed by atoms with Gasteiger partial charge in [-0.25, -0.2) is 4.98 Å². The summed E-state index contributed by atoms with van der Waals surface area (Å²) in [5.41, 5.74) is 1.41. The van der Waals surface area contributed by atoms with Gasteiger partial charge in [-0.05, 0) is 18.6 Å². The molecule has 96 valence electrons. The Morgan fingerprint density at radius 3 is 3.05 bits per heavy atom. The number of ether oxygens (including phenoxy) is 1. The summed E-state index contributed by atoms with van der Waals surface area (Å²) in [5.74, 6) is 0.868. The van der Waals surface area contributed by atoms with Gasteiger partial charge in [-0.3, -0.25) is 4.79 Å². The summed E-state index contributed by atoms with van der Waals surface area (Å²) in [6.45, 7) is 1.34. The summed E-state index contributed by atoms with van der Waals surface area (Å²) in [4.78, 5) is 19.5. The third-order valence-electron chi connectivity index (χ3n) is 3.57. The predicted molar refractivity (Wildman–Crippen MR) is 70.3 cm³/mol. The van der Waals surface area contributed by atoms with Crippen molar-refractivity contribution in [3.63, 3.8) is 0 Å². The first-order chi connectivity index (χ1) is 9.33. The second kappa shape index (κ2) is 3.93. The largest absolute Gasteiger partial charge is 0.449 e. The quantitative estimate of drug-likeness (QED) is 0.724. The van der Waals surface area contributed by atoms with Crippen molar-refractivity contribution in [3.8, 4) is 0 Å². The summed E-state index contributed by atoms with van der Waals surface area (Å²) in [7, 11) is 0. The van der Waals surface area contributed by atoms with E-state index in [1.165, 1.54) is 0 Å². The molecule has 1 aliphatic rings. The molecule has 19 heavy (non-hydrogen) atoms. The normalized spacial score (nSPS) is 19.5. The van der Waals surface area contributed by atoms with Crippen molar-refractivity contribution >= 4 is 22.1 Å². The maximum Gasteiger partial charge on any atom is 0.294 e. The number of hydrogen-bond acceptors (Lipinski definition) is 4. The van der Waals surface area contributed by atoms with Crippen LogP contribution in [0, 0.1) is 0 Å². The fourth-order valence-electron chi connectivity index (χ4n) is 2.56. The van der Waals surface area contributed by atoms with E-state index in [1.54, 1.807) is 0 Å². The molecule has 3 heterocycles. The van der Waals surface area contributed by atoms with Gasteiger partial charge in [0.05, 0.1) is 6.61 Å². The van der Waals surface area contributed by atoms with E-state index in [4.69, 9.17) is 9.15 Å². The zero-order chi connectivity index (χ0) is 12.8. The first-order valence-electron chi connectivity index (χ1n) is 6.32. The highest BCUT2D eigenvalue weighted by molar-refractivity contribution is 6.01. The number of benzene rings is 1. The van der Waals surface area contributed by atoms with Gasteiger partial charge in [-0.1, -0.05) is 12.1 Å². The van der Waals surface area contributed by atoms with E-state index in [1.807, 2.05) is 24.3 Å². The molecule has 1 N–H and O–H groups in total. The summed E-state index contributed by atoms with van der Waals surface area (Å²) in [6.07, 6.45) is 0.893. The molecule has 1 atom stereocenters. The lowest BCUT2D eigenvalue weighted by Crippen LogP contribution is -2.14. The van der Waals surface area contributed by atoms with Crippen LogP contribution in [0.4, 0.5) is 0 Å². The van der Waals surface area contributed by atoms with Gasteiger partial charge in [0.1, 0.15) is 16.9 Å². The monoisotopic (exact) mass is 256 g/mol. The SMILES string of the molecule is O=c1[nH]c([C@H]2CCOC2)nc2c1oc1ccccc12. The fraction of sp³-hybridized carbons (Fsp3) is 0.286. The Kier molecular flexibility index (Phi) is 2.22. The van der Waals surface area contributed by atoms with E-state index in [2.05, 4.69) is 9.97 Å². The Labute approximate surface area is 108 Å². The van der Waals surface area contributed by atoms with Crippen molar-refractivity contribution in [3.05, 3.63) is 40.4 Å². The average Bonchev–Trinajstić information content (AvgIpc) is 3.06. The first-order valence-corrected chi connectivity index (χ1v) is 6.32. The Balaban J connectivity index is 2.03. The van der Waals surface area contributed by atoms with E-state index in [0.29, 0.717) is 29.1 Å². The zero-order valence-electron chi connectivity index (χ0n) is 10.2. The Morgan fingerprint density at radius 1 is 1.32 bits per heavy atom. The molecule has 3 aromatic rings. The Morgan fingerprint density at radius 2 is 2.21 bits per heavy atom. The van der Waals surface area contributed by atoms with Crippen molar-refractivity contribution < 1.29 is 9.15 Å². The van der Waals surface area contributed by atoms with Crippen LogP contribution in [0.3, 0.4) is 0 Å². The van der Waals surface area contributed by atoms with Crippen LogP contribution >= 0.6 is 0 Å². The van der Waals surface area contributed by atoms with Crippen LogP contribution in [0.15, 0.2) is 33.5 Å². The minimum atomic E-state index is -0.219.